The Kier molecular flexibility index (Phi) is 2.87. The largest absolute Gasteiger partial charge is 0.416 e. The number of rotatable bonds is 1. The molecule has 2 nitrogen and oxygen atoms in total. The molecule has 1 aromatic heterocycles. The summed E-state index contributed by atoms with van der Waals surface area (Å²) in [6.45, 7) is 0. The molecule has 0 fully saturated rings. The molecule has 0 aliphatic heterocycles. The molecule has 90 valence electrons. The molecule has 0 saturated heterocycles. The maximum Gasteiger partial charge on any atom is 0.416 e. The number of aromatic nitrogens is 2. The van der Waals surface area contributed by atoms with Crippen molar-refractivity contribution in [3.8, 4) is 11.3 Å². The first-order chi connectivity index (χ1) is 7.89. The van der Waals surface area contributed by atoms with Gasteiger partial charge in [0.15, 0.2) is 0 Å². The summed E-state index contributed by atoms with van der Waals surface area (Å²) >= 11 is 5.75. The molecule has 0 amide bonds. The van der Waals surface area contributed by atoms with Crippen molar-refractivity contribution >= 4 is 11.6 Å². The molecule has 0 N–H and O–H groups in total. The van der Waals surface area contributed by atoms with E-state index in [1.54, 1.807) is 11.6 Å². The standard InChI is InChI=1S/C11H8ClF3N2/c1-17-9(6-16-10(17)12)7-2-4-8(5-3-7)11(13,14)15/h2-6H,1H3. The Balaban J connectivity index is 2.40. The molecule has 0 unspecified atom stereocenters. The van der Waals surface area contributed by atoms with Crippen LogP contribution in [0.2, 0.25) is 5.28 Å². The molecule has 17 heavy (non-hydrogen) atoms. The van der Waals surface area contributed by atoms with Gasteiger partial charge in [0, 0.05) is 7.05 Å². The fourth-order valence-electron chi connectivity index (χ4n) is 1.49. The van der Waals surface area contributed by atoms with Gasteiger partial charge in [0.1, 0.15) is 0 Å². The minimum Gasteiger partial charge on any atom is -0.318 e. The monoisotopic (exact) mass is 260 g/mol. The van der Waals surface area contributed by atoms with E-state index in [0.29, 0.717) is 16.5 Å². The molecular formula is C11H8ClF3N2. The summed E-state index contributed by atoms with van der Waals surface area (Å²) in [5.41, 5.74) is 0.637. The zero-order valence-electron chi connectivity index (χ0n) is 8.79. The number of alkyl halides is 3. The predicted octanol–water partition coefficient (Wildman–Crippen LogP) is 3.76. The van der Waals surface area contributed by atoms with Crippen LogP contribution >= 0.6 is 11.6 Å². The van der Waals surface area contributed by atoms with Crippen molar-refractivity contribution in [1.29, 1.82) is 0 Å². The highest BCUT2D eigenvalue weighted by Gasteiger charge is 2.30. The van der Waals surface area contributed by atoms with Crippen LogP contribution in [0, 0.1) is 0 Å². The van der Waals surface area contributed by atoms with Crippen molar-refractivity contribution in [3.63, 3.8) is 0 Å². The van der Waals surface area contributed by atoms with E-state index in [2.05, 4.69) is 4.98 Å². The van der Waals surface area contributed by atoms with Gasteiger partial charge in [-0.3, -0.25) is 0 Å². The third-order valence-corrected chi connectivity index (χ3v) is 2.79. The second-order valence-corrected chi connectivity index (χ2v) is 3.88. The second kappa shape index (κ2) is 4.07. The molecule has 0 atom stereocenters. The Morgan fingerprint density at radius 3 is 2.18 bits per heavy atom. The maximum atomic E-state index is 12.4. The summed E-state index contributed by atoms with van der Waals surface area (Å²) < 4.78 is 38.7. The van der Waals surface area contributed by atoms with E-state index in [1.165, 1.54) is 18.3 Å². The van der Waals surface area contributed by atoms with Gasteiger partial charge in [-0.25, -0.2) is 4.98 Å². The van der Waals surface area contributed by atoms with Crippen LogP contribution in [0.25, 0.3) is 11.3 Å². The van der Waals surface area contributed by atoms with Crippen LogP contribution in [0.15, 0.2) is 30.5 Å². The average Bonchev–Trinajstić information content (AvgIpc) is 2.59. The Morgan fingerprint density at radius 2 is 1.76 bits per heavy atom. The van der Waals surface area contributed by atoms with Crippen LogP contribution in [0.3, 0.4) is 0 Å². The number of hydrogen-bond acceptors (Lipinski definition) is 1. The quantitative estimate of drug-likeness (QED) is 0.763. The lowest BCUT2D eigenvalue weighted by Gasteiger charge is -2.08. The van der Waals surface area contributed by atoms with Crippen LogP contribution < -0.4 is 0 Å². The SMILES string of the molecule is Cn1c(-c2ccc(C(F)(F)F)cc2)cnc1Cl. The molecule has 0 aliphatic carbocycles. The molecular weight excluding hydrogens is 253 g/mol. The van der Waals surface area contributed by atoms with Crippen molar-refractivity contribution in [1.82, 2.24) is 9.55 Å². The molecule has 0 saturated carbocycles. The Morgan fingerprint density at radius 1 is 1.18 bits per heavy atom. The third-order valence-electron chi connectivity index (χ3n) is 2.44. The zero-order valence-corrected chi connectivity index (χ0v) is 9.55. The van der Waals surface area contributed by atoms with Gasteiger partial charge in [0.2, 0.25) is 5.28 Å². The summed E-state index contributed by atoms with van der Waals surface area (Å²) in [5.74, 6) is 0. The highest BCUT2D eigenvalue weighted by Crippen LogP contribution is 2.31. The summed E-state index contributed by atoms with van der Waals surface area (Å²) in [4.78, 5) is 3.87. The molecule has 1 heterocycles. The van der Waals surface area contributed by atoms with Gasteiger partial charge in [-0.05, 0) is 29.3 Å². The van der Waals surface area contributed by atoms with Crippen LogP contribution in [-0.4, -0.2) is 9.55 Å². The number of nitrogens with zero attached hydrogens (tertiary/aromatic N) is 2. The van der Waals surface area contributed by atoms with Gasteiger partial charge >= 0.3 is 6.18 Å². The van der Waals surface area contributed by atoms with Crippen molar-refractivity contribution in [3.05, 3.63) is 41.3 Å². The van der Waals surface area contributed by atoms with Gasteiger partial charge in [-0.15, -0.1) is 0 Å². The molecule has 0 aliphatic rings. The van der Waals surface area contributed by atoms with E-state index < -0.39 is 11.7 Å². The molecule has 0 spiro atoms. The number of imidazole rings is 1. The van der Waals surface area contributed by atoms with Gasteiger partial charge in [0.25, 0.3) is 0 Å². The highest BCUT2D eigenvalue weighted by atomic mass is 35.5. The van der Waals surface area contributed by atoms with E-state index in [9.17, 15) is 13.2 Å². The van der Waals surface area contributed by atoms with Crippen molar-refractivity contribution in [2.45, 2.75) is 6.18 Å². The second-order valence-electron chi connectivity index (χ2n) is 3.55. The van der Waals surface area contributed by atoms with Crippen LogP contribution in [0.5, 0.6) is 0 Å². The average molecular weight is 261 g/mol. The molecule has 6 heteroatoms. The molecule has 0 radical (unpaired) electrons. The van der Waals surface area contributed by atoms with Crippen LogP contribution in [0.1, 0.15) is 5.56 Å². The highest BCUT2D eigenvalue weighted by molar-refractivity contribution is 6.28. The Hall–Kier alpha value is -1.49. The molecule has 0 bridgehead atoms. The first-order valence-corrected chi connectivity index (χ1v) is 5.12. The zero-order chi connectivity index (χ0) is 12.6. The van der Waals surface area contributed by atoms with Gasteiger partial charge in [-0.2, -0.15) is 13.2 Å². The fourth-order valence-corrected chi connectivity index (χ4v) is 1.63. The predicted molar refractivity (Wildman–Crippen MR) is 58.7 cm³/mol. The van der Waals surface area contributed by atoms with Crippen LogP contribution in [0.4, 0.5) is 13.2 Å². The normalized spacial score (nSPS) is 11.8. The Labute approximate surface area is 101 Å². The van der Waals surface area contributed by atoms with Crippen molar-refractivity contribution in [2.75, 3.05) is 0 Å². The summed E-state index contributed by atoms with van der Waals surface area (Å²) in [5, 5.41) is 0.292. The van der Waals surface area contributed by atoms with E-state index >= 15 is 0 Å². The summed E-state index contributed by atoms with van der Waals surface area (Å²) in [6, 6.07) is 4.87. The number of halogens is 4. The van der Waals surface area contributed by atoms with Crippen molar-refractivity contribution in [2.24, 2.45) is 7.05 Å². The van der Waals surface area contributed by atoms with E-state index in [4.69, 9.17) is 11.6 Å². The topological polar surface area (TPSA) is 17.8 Å². The van der Waals surface area contributed by atoms with Gasteiger partial charge in [-0.1, -0.05) is 12.1 Å². The maximum absolute atomic E-state index is 12.4. The molecule has 1 aromatic carbocycles. The number of hydrogen-bond donors (Lipinski definition) is 0. The summed E-state index contributed by atoms with van der Waals surface area (Å²) in [6.07, 6.45) is -2.80. The van der Waals surface area contributed by atoms with Crippen molar-refractivity contribution < 1.29 is 13.2 Å². The first kappa shape index (κ1) is 12.0. The Bertz CT molecular complexity index is 529. The van der Waals surface area contributed by atoms with Gasteiger partial charge < -0.3 is 4.57 Å². The first-order valence-electron chi connectivity index (χ1n) is 4.74. The molecule has 2 rings (SSSR count). The fraction of sp³-hybridized carbons (Fsp3) is 0.182. The smallest absolute Gasteiger partial charge is 0.318 e. The lowest BCUT2D eigenvalue weighted by Crippen LogP contribution is -2.04. The minimum absolute atomic E-state index is 0.292. The number of benzene rings is 1. The van der Waals surface area contributed by atoms with Crippen LogP contribution in [-0.2, 0) is 13.2 Å². The van der Waals surface area contributed by atoms with E-state index in [0.717, 1.165) is 12.1 Å². The van der Waals surface area contributed by atoms with E-state index in [-0.39, 0.29) is 0 Å². The minimum atomic E-state index is -4.32. The van der Waals surface area contributed by atoms with Gasteiger partial charge in [0.05, 0.1) is 17.5 Å². The lowest BCUT2D eigenvalue weighted by molar-refractivity contribution is -0.137. The van der Waals surface area contributed by atoms with E-state index in [1.807, 2.05) is 0 Å². The third kappa shape index (κ3) is 2.29. The lowest BCUT2D eigenvalue weighted by atomic mass is 10.1. The molecule has 2 aromatic rings. The summed E-state index contributed by atoms with van der Waals surface area (Å²) in [7, 11) is 1.70.